The zero-order valence-electron chi connectivity index (χ0n) is 51.4. The standard InChI is InChI=1S/C56H92N14O18/c1-27(2)24-35(50(81)67-43(28(3)4)53(84)63-33(14-9-10-20-57)48(79)62-34(18-19-40(58)71)49(80)66-37(56(87)88)26-42(74)75)64-51(82)38-16-13-23-70(38)55(86)44(29(5)6)68-52(83)39-17-12-22-69(39)54(85)36(25-41(72)73)65-46(77)31(8)60-45(76)30(7)61-47(78)32-15-11-21-59-32/h27-39,43-44,59H,9-26,57H2,1-8H3,(H2,58,71)(H,60,76)(H,61,78)(H,62,79)(H,63,84)(H,64,82)(H,65,77)(H,66,80)(H,67,81)(H,68,83)(H,72,73)(H,74,75)(H,87,88)/t30-,31-,32-,33-,34-,35-,36-,37-,38-,39-,43-,44-/m0/s1. The first-order valence-corrected chi connectivity index (χ1v) is 30.0. The predicted octanol–water partition coefficient (Wildman–Crippen LogP) is -4.09. The molecule has 3 saturated heterocycles. The summed E-state index contributed by atoms with van der Waals surface area (Å²) in [6.45, 7) is 13.7. The minimum absolute atomic E-state index is 0.0148. The molecular formula is C56H92N14O18. The van der Waals surface area contributed by atoms with Gasteiger partial charge >= 0.3 is 17.9 Å². The number of likely N-dealkylation sites (tertiary alicyclic amines) is 2. The first-order chi connectivity index (χ1) is 41.3. The zero-order valence-corrected chi connectivity index (χ0v) is 51.4. The number of amides is 12. The summed E-state index contributed by atoms with van der Waals surface area (Å²) in [5.41, 5.74) is 11.0. The molecule has 12 atom stereocenters. The Morgan fingerprint density at radius 1 is 0.489 bits per heavy atom. The van der Waals surface area contributed by atoms with Gasteiger partial charge in [0.1, 0.15) is 66.5 Å². The number of carboxylic acid groups (broad SMARTS) is 3. The lowest BCUT2D eigenvalue weighted by Crippen LogP contribution is -2.61. The zero-order chi connectivity index (χ0) is 66.3. The number of nitrogens with two attached hydrogens (primary N) is 2. The number of aliphatic carboxylic acids is 3. The summed E-state index contributed by atoms with van der Waals surface area (Å²) < 4.78 is 0. The van der Waals surface area contributed by atoms with Gasteiger partial charge in [0.2, 0.25) is 70.9 Å². The maximum atomic E-state index is 14.5. The molecule has 3 heterocycles. The monoisotopic (exact) mass is 1250 g/mol. The van der Waals surface area contributed by atoms with Gasteiger partial charge < -0.3 is 89.8 Å². The molecule has 32 heteroatoms. The van der Waals surface area contributed by atoms with Crippen molar-refractivity contribution in [2.75, 3.05) is 26.2 Å². The van der Waals surface area contributed by atoms with Crippen LogP contribution in [0.25, 0.3) is 0 Å². The first-order valence-electron chi connectivity index (χ1n) is 30.0. The van der Waals surface area contributed by atoms with Gasteiger partial charge in [-0.15, -0.1) is 0 Å². The number of hydrogen-bond donors (Lipinski definition) is 15. The Hall–Kier alpha value is -8.03. The summed E-state index contributed by atoms with van der Waals surface area (Å²) in [5.74, 6) is -15.9. The Bertz CT molecular complexity index is 2540. The van der Waals surface area contributed by atoms with Crippen molar-refractivity contribution in [3.8, 4) is 0 Å². The molecule has 0 spiro atoms. The van der Waals surface area contributed by atoms with E-state index in [1.54, 1.807) is 41.5 Å². The average Bonchev–Trinajstić information content (AvgIpc) is 4.12. The summed E-state index contributed by atoms with van der Waals surface area (Å²) >= 11 is 0. The smallest absolute Gasteiger partial charge is 0.326 e. The number of hydrogen-bond acceptors (Lipinski definition) is 17. The van der Waals surface area contributed by atoms with Crippen molar-refractivity contribution in [2.45, 2.75) is 218 Å². The van der Waals surface area contributed by atoms with Gasteiger partial charge in [-0.25, -0.2) is 4.79 Å². The van der Waals surface area contributed by atoms with Gasteiger partial charge in [-0.05, 0) is 115 Å². The van der Waals surface area contributed by atoms with Crippen molar-refractivity contribution in [3.05, 3.63) is 0 Å². The molecule has 88 heavy (non-hydrogen) atoms. The molecular weight excluding hydrogens is 1160 g/mol. The van der Waals surface area contributed by atoms with Gasteiger partial charge in [0.25, 0.3) is 0 Å². The summed E-state index contributed by atoms with van der Waals surface area (Å²) in [4.78, 5) is 201. The average molecular weight is 1250 g/mol. The van der Waals surface area contributed by atoms with Crippen LogP contribution < -0.4 is 64.6 Å². The first kappa shape index (κ1) is 74.2. The van der Waals surface area contributed by atoms with Gasteiger partial charge in [0, 0.05) is 19.5 Å². The predicted molar refractivity (Wildman–Crippen MR) is 312 cm³/mol. The van der Waals surface area contributed by atoms with Gasteiger partial charge in [0.05, 0.1) is 18.9 Å². The fraction of sp³-hybridized carbons (Fsp3) is 0.732. The highest BCUT2D eigenvalue weighted by atomic mass is 16.4. The molecule has 32 nitrogen and oxygen atoms in total. The number of primary amides is 1. The van der Waals surface area contributed by atoms with Crippen molar-refractivity contribution in [3.63, 3.8) is 0 Å². The van der Waals surface area contributed by atoms with Gasteiger partial charge in [0.15, 0.2) is 0 Å². The molecule has 0 aromatic heterocycles. The Morgan fingerprint density at radius 2 is 0.977 bits per heavy atom. The molecule has 3 aliphatic heterocycles. The van der Waals surface area contributed by atoms with Crippen LogP contribution in [0.5, 0.6) is 0 Å². The second-order valence-corrected chi connectivity index (χ2v) is 23.7. The lowest BCUT2D eigenvalue weighted by atomic mass is 9.98. The number of unbranched alkanes of at least 4 members (excludes halogenated alkanes) is 1. The van der Waals surface area contributed by atoms with Crippen LogP contribution in [-0.2, 0) is 71.9 Å². The van der Waals surface area contributed by atoms with Crippen molar-refractivity contribution in [1.82, 2.24) is 63.0 Å². The van der Waals surface area contributed by atoms with Crippen molar-refractivity contribution in [1.29, 1.82) is 0 Å². The summed E-state index contributed by atoms with van der Waals surface area (Å²) in [6, 6.07) is -15.7. The number of carbonyl (C=O) groups excluding carboxylic acids is 12. The van der Waals surface area contributed by atoms with E-state index in [1.807, 2.05) is 5.32 Å². The van der Waals surface area contributed by atoms with Crippen LogP contribution in [0.3, 0.4) is 0 Å². The Balaban J connectivity index is 1.77. The largest absolute Gasteiger partial charge is 0.481 e. The molecule has 17 N–H and O–H groups in total. The molecule has 3 aliphatic rings. The third kappa shape index (κ3) is 23.2. The molecule has 0 radical (unpaired) electrons. The number of carboxylic acids is 3. The molecule has 3 rings (SSSR count). The summed E-state index contributed by atoms with van der Waals surface area (Å²) in [7, 11) is 0. The lowest BCUT2D eigenvalue weighted by Gasteiger charge is -2.33. The van der Waals surface area contributed by atoms with E-state index in [0.717, 1.165) is 11.3 Å². The van der Waals surface area contributed by atoms with Crippen molar-refractivity contribution in [2.24, 2.45) is 29.2 Å². The van der Waals surface area contributed by atoms with Gasteiger partial charge in [-0.3, -0.25) is 67.1 Å². The Labute approximate surface area is 510 Å². The highest BCUT2D eigenvalue weighted by Gasteiger charge is 2.44. The van der Waals surface area contributed by atoms with Crippen LogP contribution in [0.2, 0.25) is 0 Å². The number of rotatable bonds is 36. The van der Waals surface area contributed by atoms with E-state index in [-0.39, 0.29) is 57.7 Å². The Kier molecular flexibility index (Phi) is 30.1. The molecule has 12 amide bonds. The van der Waals surface area contributed by atoms with Crippen molar-refractivity contribution < 1.29 is 87.2 Å². The third-order valence-electron chi connectivity index (χ3n) is 15.3. The molecule has 494 valence electrons. The van der Waals surface area contributed by atoms with Crippen LogP contribution in [0, 0.1) is 17.8 Å². The third-order valence-corrected chi connectivity index (χ3v) is 15.3. The summed E-state index contributed by atoms with van der Waals surface area (Å²) in [6.07, 6.45) is 0.119. The second-order valence-electron chi connectivity index (χ2n) is 23.7. The van der Waals surface area contributed by atoms with E-state index in [0.29, 0.717) is 32.2 Å². The minimum Gasteiger partial charge on any atom is -0.481 e. The highest BCUT2D eigenvalue weighted by Crippen LogP contribution is 2.24. The molecule has 0 aromatic rings. The van der Waals surface area contributed by atoms with Crippen LogP contribution in [0.1, 0.15) is 145 Å². The van der Waals surface area contributed by atoms with E-state index >= 15 is 0 Å². The Morgan fingerprint density at radius 3 is 1.49 bits per heavy atom. The van der Waals surface area contributed by atoms with Gasteiger partial charge in [-0.1, -0.05) is 41.5 Å². The normalized spacial score (nSPS) is 19.5. The molecule has 0 aromatic carbocycles. The quantitative estimate of drug-likeness (QED) is 0.0265. The molecule has 0 aliphatic carbocycles. The highest BCUT2D eigenvalue weighted by molar-refractivity contribution is 6.00. The van der Waals surface area contributed by atoms with Crippen LogP contribution in [0.4, 0.5) is 0 Å². The fourth-order valence-electron chi connectivity index (χ4n) is 10.4. The number of nitrogens with one attached hydrogen (secondary N) is 10. The van der Waals surface area contributed by atoms with E-state index in [1.165, 1.54) is 18.7 Å². The van der Waals surface area contributed by atoms with Crippen LogP contribution >= 0.6 is 0 Å². The van der Waals surface area contributed by atoms with Crippen LogP contribution in [-0.4, -0.2) is 213 Å². The van der Waals surface area contributed by atoms with E-state index in [9.17, 15) is 87.2 Å². The maximum absolute atomic E-state index is 14.5. The number of carbonyl (C=O) groups is 15. The maximum Gasteiger partial charge on any atom is 0.326 e. The van der Waals surface area contributed by atoms with Gasteiger partial charge in [-0.2, -0.15) is 0 Å². The topological polar surface area (TPSA) is 496 Å². The SMILES string of the molecule is CC(C)C[C@H](NC(=O)[C@@H]1CCCN1C(=O)[C@@H](NC(=O)[C@@H]1CCCN1C(=O)[C@H](CC(=O)O)NC(=O)[C@H](C)NC(=O)[C@H](C)NC(=O)[C@@H]1CCCN1)C(C)C)C(=O)N[C@H](C(=O)N[C@@H](CCCCN)C(=O)N[C@@H](CCC(N)=O)C(=O)N[C@@H](CC(=O)O)C(=O)O)C(C)C. The summed E-state index contributed by atoms with van der Waals surface area (Å²) in [5, 5.41) is 54.1. The number of nitrogens with zero attached hydrogens (tertiary/aromatic N) is 2. The van der Waals surface area contributed by atoms with E-state index in [2.05, 4.69) is 47.9 Å². The molecule has 3 fully saturated rings. The van der Waals surface area contributed by atoms with Crippen molar-refractivity contribution >= 4 is 88.8 Å². The fourth-order valence-corrected chi connectivity index (χ4v) is 10.4. The van der Waals surface area contributed by atoms with E-state index < -0.39 is 199 Å². The minimum atomic E-state index is -1.91. The molecule has 0 saturated carbocycles. The lowest BCUT2D eigenvalue weighted by molar-refractivity contribution is -0.147. The second kappa shape index (κ2) is 35.7. The molecule has 0 bridgehead atoms. The van der Waals surface area contributed by atoms with E-state index in [4.69, 9.17) is 11.5 Å². The van der Waals surface area contributed by atoms with Crippen LogP contribution in [0.15, 0.2) is 0 Å². The molecule has 0 unspecified atom stereocenters.